The van der Waals surface area contributed by atoms with Gasteiger partial charge in [0.2, 0.25) is 0 Å². The third kappa shape index (κ3) is 3.88. The van der Waals surface area contributed by atoms with Crippen LogP contribution in [0.4, 0.5) is 28.9 Å². The van der Waals surface area contributed by atoms with E-state index >= 15 is 0 Å². The van der Waals surface area contributed by atoms with Gasteiger partial charge in [-0.05, 0) is 46.3 Å². The summed E-state index contributed by atoms with van der Waals surface area (Å²) in [7, 11) is 0. The molecular formula is C13H5BrCl2F4N2S. The molecule has 23 heavy (non-hydrogen) atoms. The van der Waals surface area contributed by atoms with E-state index in [-0.39, 0.29) is 15.8 Å². The molecule has 10 heteroatoms. The zero-order chi connectivity index (χ0) is 17.3. The van der Waals surface area contributed by atoms with E-state index in [2.05, 4.69) is 26.6 Å². The van der Waals surface area contributed by atoms with Gasteiger partial charge < -0.3 is 10.6 Å². The second-order valence-electron chi connectivity index (χ2n) is 4.15. The van der Waals surface area contributed by atoms with E-state index in [0.29, 0.717) is 5.02 Å². The maximum absolute atomic E-state index is 13.7. The summed E-state index contributed by atoms with van der Waals surface area (Å²) < 4.78 is 53.4. The number of thiocarbonyl (C=S) groups is 1. The van der Waals surface area contributed by atoms with Crippen molar-refractivity contribution in [2.24, 2.45) is 0 Å². The maximum Gasteiger partial charge on any atom is 0.186 e. The highest BCUT2D eigenvalue weighted by Crippen LogP contribution is 2.32. The summed E-state index contributed by atoms with van der Waals surface area (Å²) in [5.41, 5.74) is -0.779. The van der Waals surface area contributed by atoms with Crippen molar-refractivity contribution < 1.29 is 17.6 Å². The molecule has 2 aromatic carbocycles. The zero-order valence-corrected chi connectivity index (χ0v) is 14.7. The van der Waals surface area contributed by atoms with Gasteiger partial charge in [-0.2, -0.15) is 0 Å². The summed E-state index contributed by atoms with van der Waals surface area (Å²) in [6.07, 6.45) is 0. The van der Waals surface area contributed by atoms with Crippen molar-refractivity contribution >= 4 is 67.8 Å². The molecule has 0 saturated carbocycles. The van der Waals surface area contributed by atoms with Crippen LogP contribution in [0.5, 0.6) is 0 Å². The Balaban J connectivity index is 2.27. The molecule has 2 nitrogen and oxygen atoms in total. The molecule has 0 bridgehead atoms. The number of hydrogen-bond acceptors (Lipinski definition) is 1. The monoisotopic (exact) mass is 446 g/mol. The molecular weight excluding hydrogens is 443 g/mol. The second kappa shape index (κ2) is 7.21. The number of halogens is 7. The number of benzene rings is 2. The van der Waals surface area contributed by atoms with Crippen LogP contribution in [-0.2, 0) is 0 Å². The topological polar surface area (TPSA) is 24.1 Å². The van der Waals surface area contributed by atoms with Crippen LogP contribution in [0.15, 0.2) is 22.7 Å². The molecule has 0 unspecified atom stereocenters. The molecule has 0 atom stereocenters. The van der Waals surface area contributed by atoms with E-state index in [9.17, 15) is 17.6 Å². The average Bonchev–Trinajstić information content (AvgIpc) is 2.50. The molecule has 0 heterocycles. The minimum absolute atomic E-state index is 0.191. The Kier molecular flexibility index (Phi) is 5.72. The molecule has 2 aromatic rings. The first-order valence-electron chi connectivity index (χ1n) is 5.77. The summed E-state index contributed by atoms with van der Waals surface area (Å²) in [6.45, 7) is 0. The van der Waals surface area contributed by atoms with E-state index in [1.165, 1.54) is 18.2 Å². The van der Waals surface area contributed by atoms with Gasteiger partial charge in [-0.3, -0.25) is 0 Å². The molecule has 0 spiro atoms. The van der Waals surface area contributed by atoms with Crippen LogP contribution in [0.3, 0.4) is 0 Å². The Bertz CT molecular complexity index is 775. The number of anilines is 2. The maximum atomic E-state index is 13.7. The first-order chi connectivity index (χ1) is 10.7. The Morgan fingerprint density at radius 3 is 2.04 bits per heavy atom. The van der Waals surface area contributed by atoms with Gasteiger partial charge in [0, 0.05) is 5.02 Å². The Morgan fingerprint density at radius 1 is 0.957 bits per heavy atom. The van der Waals surface area contributed by atoms with Gasteiger partial charge in [-0.1, -0.05) is 23.2 Å². The van der Waals surface area contributed by atoms with Gasteiger partial charge in [-0.15, -0.1) is 0 Å². The van der Waals surface area contributed by atoms with Crippen LogP contribution in [0.1, 0.15) is 0 Å². The minimum atomic E-state index is -1.62. The minimum Gasteiger partial charge on any atom is -0.331 e. The van der Waals surface area contributed by atoms with Crippen molar-refractivity contribution in [3.63, 3.8) is 0 Å². The molecule has 0 radical (unpaired) electrons. The first-order valence-corrected chi connectivity index (χ1v) is 7.72. The van der Waals surface area contributed by atoms with Crippen LogP contribution in [0.2, 0.25) is 10.0 Å². The van der Waals surface area contributed by atoms with Crippen LogP contribution in [0.25, 0.3) is 0 Å². The fraction of sp³-hybridized carbons (Fsp3) is 0. The van der Waals surface area contributed by atoms with Crippen LogP contribution < -0.4 is 10.6 Å². The van der Waals surface area contributed by atoms with Crippen molar-refractivity contribution in [1.82, 2.24) is 0 Å². The van der Waals surface area contributed by atoms with Crippen LogP contribution in [-0.4, -0.2) is 5.11 Å². The highest BCUT2D eigenvalue weighted by Gasteiger charge is 2.24. The first kappa shape index (κ1) is 18.3. The Labute approximate surface area is 151 Å². The molecule has 0 aromatic heterocycles. The largest absolute Gasteiger partial charge is 0.331 e. The zero-order valence-electron chi connectivity index (χ0n) is 10.8. The van der Waals surface area contributed by atoms with Crippen molar-refractivity contribution in [3.05, 3.63) is 56.0 Å². The highest BCUT2D eigenvalue weighted by atomic mass is 79.9. The van der Waals surface area contributed by atoms with Gasteiger partial charge in [0.15, 0.2) is 28.4 Å². The Morgan fingerprint density at radius 2 is 1.52 bits per heavy atom. The fourth-order valence-electron chi connectivity index (χ4n) is 1.57. The molecule has 0 amide bonds. The predicted molar refractivity (Wildman–Crippen MR) is 90.3 cm³/mol. The summed E-state index contributed by atoms with van der Waals surface area (Å²) >= 11 is 18.9. The summed E-state index contributed by atoms with van der Waals surface area (Å²) in [6, 6.07) is 4.38. The van der Waals surface area contributed by atoms with Crippen molar-refractivity contribution in [2.45, 2.75) is 0 Å². The highest BCUT2D eigenvalue weighted by molar-refractivity contribution is 9.10. The number of nitrogens with one attached hydrogen (secondary N) is 2. The second-order valence-corrected chi connectivity index (χ2v) is 6.19. The summed E-state index contributed by atoms with van der Waals surface area (Å²) in [5, 5.41) is 4.82. The molecule has 0 saturated heterocycles. The van der Waals surface area contributed by atoms with Crippen LogP contribution >= 0.6 is 51.3 Å². The van der Waals surface area contributed by atoms with E-state index in [1.54, 1.807) is 0 Å². The smallest absolute Gasteiger partial charge is 0.186 e. The SMILES string of the molecule is Fc1c(F)c(NC(=S)Nc2ccc(Cl)cc2Cl)c(F)c(F)c1Br. The van der Waals surface area contributed by atoms with Gasteiger partial charge >= 0.3 is 0 Å². The molecule has 0 fully saturated rings. The fourth-order valence-corrected chi connectivity index (χ4v) is 2.59. The van der Waals surface area contributed by atoms with Gasteiger partial charge in [-0.25, -0.2) is 17.6 Å². The average molecular weight is 448 g/mol. The molecule has 0 aliphatic heterocycles. The lowest BCUT2D eigenvalue weighted by atomic mass is 10.2. The lowest BCUT2D eigenvalue weighted by Gasteiger charge is -2.14. The number of rotatable bonds is 2. The van der Waals surface area contributed by atoms with Crippen molar-refractivity contribution in [3.8, 4) is 0 Å². The van der Waals surface area contributed by atoms with E-state index < -0.39 is 33.4 Å². The van der Waals surface area contributed by atoms with Gasteiger partial charge in [0.05, 0.1) is 15.2 Å². The van der Waals surface area contributed by atoms with E-state index in [4.69, 9.17) is 35.4 Å². The predicted octanol–water partition coefficient (Wildman–Crippen LogP) is 6.12. The molecule has 0 aliphatic rings. The lowest BCUT2D eigenvalue weighted by Crippen LogP contribution is -2.21. The lowest BCUT2D eigenvalue weighted by molar-refractivity contribution is 0.452. The normalized spacial score (nSPS) is 10.6. The number of hydrogen-bond donors (Lipinski definition) is 2. The summed E-state index contributed by atoms with van der Waals surface area (Å²) in [5.74, 6) is -6.42. The summed E-state index contributed by atoms with van der Waals surface area (Å²) in [4.78, 5) is 0. The quantitative estimate of drug-likeness (QED) is 0.251. The van der Waals surface area contributed by atoms with Crippen molar-refractivity contribution in [1.29, 1.82) is 0 Å². The Hall–Kier alpha value is -1.09. The van der Waals surface area contributed by atoms with Crippen molar-refractivity contribution in [2.75, 3.05) is 10.6 Å². The third-order valence-electron chi connectivity index (χ3n) is 2.63. The molecule has 2 rings (SSSR count). The van der Waals surface area contributed by atoms with E-state index in [1.807, 2.05) is 0 Å². The van der Waals surface area contributed by atoms with Gasteiger partial charge in [0.25, 0.3) is 0 Å². The molecule has 0 aliphatic carbocycles. The van der Waals surface area contributed by atoms with E-state index in [0.717, 1.165) is 0 Å². The third-order valence-corrected chi connectivity index (χ3v) is 4.08. The van der Waals surface area contributed by atoms with Gasteiger partial charge in [0.1, 0.15) is 5.69 Å². The molecule has 2 N–H and O–H groups in total. The molecule has 122 valence electrons. The van der Waals surface area contributed by atoms with Crippen LogP contribution in [0, 0.1) is 23.3 Å². The standard InChI is InChI=1S/C13H5BrCl2F4N2S/c14-7-8(17)10(19)12(11(20)9(7)18)22-13(23)21-6-2-1-4(15)3-5(6)16/h1-3H,(H2,21,22,23).